The van der Waals surface area contributed by atoms with Gasteiger partial charge in [0.1, 0.15) is 11.4 Å². The minimum absolute atomic E-state index is 0.412. The van der Waals surface area contributed by atoms with Crippen molar-refractivity contribution in [3.63, 3.8) is 0 Å². The predicted molar refractivity (Wildman–Crippen MR) is 92.6 cm³/mol. The van der Waals surface area contributed by atoms with Gasteiger partial charge in [0.25, 0.3) is 0 Å². The summed E-state index contributed by atoms with van der Waals surface area (Å²) in [5, 5.41) is 16.1. The van der Waals surface area contributed by atoms with E-state index in [1.54, 1.807) is 9.36 Å². The summed E-state index contributed by atoms with van der Waals surface area (Å²) in [6.07, 6.45) is 3.76. The van der Waals surface area contributed by atoms with E-state index < -0.39 is 0 Å². The summed E-state index contributed by atoms with van der Waals surface area (Å²) < 4.78 is 14.9. The second-order valence-corrected chi connectivity index (χ2v) is 5.74. The topological polar surface area (TPSA) is 92.8 Å². The molecule has 0 aliphatic heterocycles. The van der Waals surface area contributed by atoms with Crippen LogP contribution in [0.5, 0.6) is 0 Å². The van der Waals surface area contributed by atoms with Crippen LogP contribution in [0, 0.1) is 0 Å². The van der Waals surface area contributed by atoms with Crippen LogP contribution in [0.4, 0.5) is 0 Å². The van der Waals surface area contributed by atoms with Gasteiger partial charge in [-0.1, -0.05) is 16.5 Å². The van der Waals surface area contributed by atoms with E-state index >= 15 is 0 Å². The van der Waals surface area contributed by atoms with Crippen LogP contribution >= 0.6 is 0 Å². The highest BCUT2D eigenvalue weighted by atomic mass is 16.5. The molecule has 0 aromatic carbocycles. The first kappa shape index (κ1) is 18.2. The molecule has 0 unspecified atom stereocenters. The molecule has 0 N–H and O–H groups in total. The average molecular weight is 357 g/mol. The summed E-state index contributed by atoms with van der Waals surface area (Å²) in [5.41, 5.74) is 3.33. The lowest BCUT2D eigenvalue weighted by Gasteiger charge is -2.05. The lowest BCUT2D eigenvalue weighted by atomic mass is 10.3. The monoisotopic (exact) mass is 357 g/mol. The number of nitrogens with zero attached hydrogens (tertiary/aromatic N) is 7. The van der Waals surface area contributed by atoms with Gasteiger partial charge >= 0.3 is 0 Å². The Bertz CT molecular complexity index is 751. The molecular weight excluding hydrogens is 334 g/mol. The fourth-order valence-corrected chi connectivity index (χ4v) is 2.33. The van der Waals surface area contributed by atoms with Crippen LogP contribution in [-0.4, -0.2) is 35.0 Å². The Morgan fingerprint density at radius 2 is 1.19 bits per heavy atom. The maximum absolute atomic E-state index is 5.67. The first-order valence-corrected chi connectivity index (χ1v) is 8.65. The Morgan fingerprint density at radius 3 is 1.62 bits per heavy atom. The molecule has 3 aromatic heterocycles. The first-order chi connectivity index (χ1) is 12.8. The molecule has 0 radical (unpaired) electrons. The maximum atomic E-state index is 5.67. The van der Waals surface area contributed by atoms with Gasteiger partial charge in [-0.3, -0.25) is 14.3 Å². The van der Waals surface area contributed by atoms with Crippen molar-refractivity contribution >= 4 is 0 Å². The molecule has 0 aliphatic carbocycles. The highest BCUT2D eigenvalue weighted by Gasteiger charge is 2.04. The van der Waals surface area contributed by atoms with Gasteiger partial charge in [-0.15, -0.1) is 10.2 Å². The molecule has 0 amide bonds. The molecular formula is C17H23N7O2. The zero-order valence-electron chi connectivity index (χ0n) is 15.1. The van der Waals surface area contributed by atoms with Crippen molar-refractivity contribution in [2.45, 2.75) is 53.4 Å². The maximum Gasteiger partial charge on any atom is 0.108 e. The van der Waals surface area contributed by atoms with Crippen LogP contribution in [-0.2, 0) is 49.0 Å². The lowest BCUT2D eigenvalue weighted by molar-refractivity contribution is 0.0955. The molecule has 3 rings (SSSR count). The molecule has 0 saturated heterocycles. The zero-order valence-corrected chi connectivity index (χ0v) is 15.1. The zero-order chi connectivity index (χ0) is 18.2. The van der Waals surface area contributed by atoms with E-state index in [9.17, 15) is 0 Å². The van der Waals surface area contributed by atoms with Gasteiger partial charge in [0.2, 0.25) is 0 Å². The summed E-state index contributed by atoms with van der Waals surface area (Å²) in [7, 11) is 0. The van der Waals surface area contributed by atoms with Gasteiger partial charge in [0.05, 0.1) is 50.2 Å². The number of ether oxygens (including phenoxy) is 2. The van der Waals surface area contributed by atoms with E-state index in [1.807, 2.05) is 44.4 Å². The molecule has 3 heterocycles. The Kier molecular flexibility index (Phi) is 6.39. The number of pyridine rings is 1. The van der Waals surface area contributed by atoms with E-state index in [4.69, 9.17) is 9.47 Å². The second kappa shape index (κ2) is 9.16. The van der Waals surface area contributed by atoms with Crippen molar-refractivity contribution in [2.24, 2.45) is 0 Å². The average Bonchev–Trinajstić information content (AvgIpc) is 3.31. The summed E-state index contributed by atoms with van der Waals surface area (Å²) in [5.74, 6) is 0. The van der Waals surface area contributed by atoms with Crippen molar-refractivity contribution in [1.82, 2.24) is 35.0 Å². The molecule has 3 aromatic rings. The fraction of sp³-hybridized carbons (Fsp3) is 0.471. The Hall–Kier alpha value is -2.65. The molecule has 0 aliphatic rings. The third-order valence-corrected chi connectivity index (χ3v) is 3.68. The van der Waals surface area contributed by atoms with Gasteiger partial charge < -0.3 is 9.47 Å². The van der Waals surface area contributed by atoms with E-state index in [-0.39, 0.29) is 0 Å². The van der Waals surface area contributed by atoms with Crippen molar-refractivity contribution in [2.75, 3.05) is 0 Å². The smallest absolute Gasteiger partial charge is 0.108 e. The standard InChI is InChI=1S/C17H23N7O2/c1-3-23-8-16(19-21-23)12-25-10-14-6-5-7-15(18-14)11-26-13-17-9-24(4-2)22-20-17/h5-9H,3-4,10-13H2,1-2H3. The van der Waals surface area contributed by atoms with Crippen LogP contribution in [0.1, 0.15) is 36.6 Å². The van der Waals surface area contributed by atoms with E-state index in [1.165, 1.54) is 0 Å². The van der Waals surface area contributed by atoms with E-state index in [2.05, 4.69) is 25.6 Å². The molecule has 0 fully saturated rings. The number of hydrogen-bond acceptors (Lipinski definition) is 7. The van der Waals surface area contributed by atoms with Crippen molar-refractivity contribution in [1.29, 1.82) is 0 Å². The fourth-order valence-electron chi connectivity index (χ4n) is 2.33. The molecule has 138 valence electrons. The predicted octanol–water partition coefficient (Wildman–Crippen LogP) is 1.74. The van der Waals surface area contributed by atoms with Gasteiger partial charge in [-0.05, 0) is 26.0 Å². The van der Waals surface area contributed by atoms with E-state index in [0.717, 1.165) is 35.9 Å². The van der Waals surface area contributed by atoms with Crippen molar-refractivity contribution < 1.29 is 9.47 Å². The number of aryl methyl sites for hydroxylation is 2. The highest BCUT2D eigenvalue weighted by molar-refractivity contribution is 5.10. The molecule has 9 heteroatoms. The summed E-state index contributed by atoms with van der Waals surface area (Å²) >= 11 is 0. The minimum Gasteiger partial charge on any atom is -0.369 e. The summed E-state index contributed by atoms with van der Waals surface area (Å²) in [6, 6.07) is 5.81. The first-order valence-electron chi connectivity index (χ1n) is 8.65. The molecule has 0 spiro atoms. The Labute approximate surface area is 152 Å². The number of aromatic nitrogens is 7. The van der Waals surface area contributed by atoms with Crippen LogP contribution in [0.25, 0.3) is 0 Å². The number of hydrogen-bond donors (Lipinski definition) is 0. The second-order valence-electron chi connectivity index (χ2n) is 5.74. The Balaban J connectivity index is 1.43. The molecule has 0 bridgehead atoms. The summed E-state index contributed by atoms with van der Waals surface area (Å²) in [4.78, 5) is 4.55. The molecule has 0 atom stereocenters. The van der Waals surface area contributed by atoms with Gasteiger partial charge in [0, 0.05) is 13.1 Å². The third kappa shape index (κ3) is 5.17. The van der Waals surface area contributed by atoms with Crippen LogP contribution in [0.15, 0.2) is 30.6 Å². The van der Waals surface area contributed by atoms with Gasteiger partial charge in [-0.2, -0.15) is 0 Å². The molecule has 0 saturated carbocycles. The third-order valence-electron chi connectivity index (χ3n) is 3.68. The van der Waals surface area contributed by atoms with Gasteiger partial charge in [-0.25, -0.2) is 0 Å². The minimum atomic E-state index is 0.412. The Morgan fingerprint density at radius 1 is 0.731 bits per heavy atom. The largest absolute Gasteiger partial charge is 0.369 e. The lowest BCUT2D eigenvalue weighted by Crippen LogP contribution is -2.01. The van der Waals surface area contributed by atoms with Crippen molar-refractivity contribution in [3.8, 4) is 0 Å². The molecule has 9 nitrogen and oxygen atoms in total. The van der Waals surface area contributed by atoms with Gasteiger partial charge in [0.15, 0.2) is 0 Å². The molecule has 26 heavy (non-hydrogen) atoms. The SMILES string of the molecule is CCn1cc(COCc2cccc(COCc3cn(CC)nn3)n2)nn1. The van der Waals surface area contributed by atoms with E-state index in [0.29, 0.717) is 26.4 Å². The van der Waals surface area contributed by atoms with Crippen molar-refractivity contribution in [3.05, 3.63) is 53.4 Å². The van der Waals surface area contributed by atoms with Crippen LogP contribution in [0.3, 0.4) is 0 Å². The van der Waals surface area contributed by atoms with Crippen LogP contribution < -0.4 is 0 Å². The summed E-state index contributed by atoms with van der Waals surface area (Å²) in [6.45, 7) is 7.28. The highest BCUT2D eigenvalue weighted by Crippen LogP contribution is 2.06. The quantitative estimate of drug-likeness (QED) is 0.545. The number of rotatable bonds is 10. The van der Waals surface area contributed by atoms with Crippen LogP contribution in [0.2, 0.25) is 0 Å². The normalized spacial score (nSPS) is 11.2.